The second-order valence-corrected chi connectivity index (χ2v) is 14.1. The van der Waals surface area contributed by atoms with Crippen LogP contribution in [0, 0.1) is 0 Å². The molecule has 1 atom stereocenters. The molecular formula is C55H78O6. The van der Waals surface area contributed by atoms with Crippen molar-refractivity contribution in [3.63, 3.8) is 0 Å². The molecule has 0 aliphatic carbocycles. The minimum Gasteiger partial charge on any atom is -0.462 e. The van der Waals surface area contributed by atoms with E-state index in [0.717, 1.165) is 77.0 Å². The summed E-state index contributed by atoms with van der Waals surface area (Å²) in [7, 11) is 0. The Balaban J connectivity index is 4.63. The van der Waals surface area contributed by atoms with Crippen LogP contribution in [0.2, 0.25) is 0 Å². The Bertz CT molecular complexity index is 1520. The van der Waals surface area contributed by atoms with E-state index in [2.05, 4.69) is 69.4 Å². The van der Waals surface area contributed by atoms with E-state index in [4.69, 9.17) is 14.2 Å². The summed E-state index contributed by atoms with van der Waals surface area (Å²) in [5.74, 6) is -1.08. The van der Waals surface area contributed by atoms with E-state index in [1.807, 2.05) is 122 Å². The molecule has 0 rings (SSSR count). The van der Waals surface area contributed by atoms with E-state index in [1.54, 1.807) is 0 Å². The third kappa shape index (κ3) is 45.7. The summed E-state index contributed by atoms with van der Waals surface area (Å²) in [5, 5.41) is 0. The summed E-state index contributed by atoms with van der Waals surface area (Å²) in [6.07, 6.45) is 70.5. The van der Waals surface area contributed by atoms with Gasteiger partial charge >= 0.3 is 17.9 Å². The molecule has 0 N–H and O–H groups in total. The minimum absolute atomic E-state index is 0.138. The highest BCUT2D eigenvalue weighted by molar-refractivity contribution is 5.71. The lowest BCUT2D eigenvalue weighted by Crippen LogP contribution is -2.30. The molecule has 0 radical (unpaired) electrons. The smallest absolute Gasteiger partial charge is 0.306 e. The SMILES string of the molecule is CC\C=C/C=C\C=C/C=C\C=C\C=C/CCCCCC(=O)OCC(COC(=O)CCCC/C=C\C/C=C\CC)OC(=O)CCCCC\C=C/C=C/C=C\C=C/C=C\C=C/CC. The Hall–Kier alpha value is -5.23. The molecule has 0 aromatic rings. The van der Waals surface area contributed by atoms with Gasteiger partial charge in [0.15, 0.2) is 6.10 Å². The number of carbonyl (C=O) groups is 3. The predicted molar refractivity (Wildman–Crippen MR) is 260 cm³/mol. The van der Waals surface area contributed by atoms with Crippen molar-refractivity contribution in [3.8, 4) is 0 Å². The van der Waals surface area contributed by atoms with Crippen molar-refractivity contribution in [2.45, 2.75) is 142 Å². The number of unbranched alkanes of at least 4 members (excludes halogenated alkanes) is 8. The Morgan fingerprint density at radius 3 is 1.10 bits per heavy atom. The molecule has 6 nitrogen and oxygen atoms in total. The van der Waals surface area contributed by atoms with Crippen LogP contribution in [-0.2, 0) is 28.6 Å². The largest absolute Gasteiger partial charge is 0.462 e. The van der Waals surface area contributed by atoms with Gasteiger partial charge in [0.1, 0.15) is 13.2 Å². The summed E-state index contributed by atoms with van der Waals surface area (Å²) < 4.78 is 16.6. The van der Waals surface area contributed by atoms with Crippen molar-refractivity contribution < 1.29 is 28.6 Å². The van der Waals surface area contributed by atoms with Crippen molar-refractivity contribution in [1.82, 2.24) is 0 Å². The van der Waals surface area contributed by atoms with Gasteiger partial charge in [-0.25, -0.2) is 0 Å². The van der Waals surface area contributed by atoms with Gasteiger partial charge in [-0.15, -0.1) is 0 Å². The molecule has 0 heterocycles. The number of hydrogen-bond donors (Lipinski definition) is 0. The van der Waals surface area contributed by atoms with Gasteiger partial charge in [0, 0.05) is 19.3 Å². The molecule has 61 heavy (non-hydrogen) atoms. The average Bonchev–Trinajstić information content (AvgIpc) is 3.26. The first-order chi connectivity index (χ1) is 30.0. The average molecular weight is 835 g/mol. The van der Waals surface area contributed by atoms with Gasteiger partial charge in [0.05, 0.1) is 0 Å². The zero-order valence-corrected chi connectivity index (χ0v) is 37.8. The lowest BCUT2D eigenvalue weighted by Gasteiger charge is -2.18. The lowest BCUT2D eigenvalue weighted by atomic mass is 10.1. The highest BCUT2D eigenvalue weighted by atomic mass is 16.6. The first kappa shape index (κ1) is 55.8. The molecule has 334 valence electrons. The number of hydrogen-bond acceptors (Lipinski definition) is 6. The molecule has 0 saturated carbocycles. The molecule has 0 aromatic heterocycles. The number of rotatable bonds is 37. The van der Waals surface area contributed by atoms with E-state index in [9.17, 15) is 14.4 Å². The maximum Gasteiger partial charge on any atom is 0.306 e. The molecule has 1 unspecified atom stereocenters. The van der Waals surface area contributed by atoms with Crippen molar-refractivity contribution in [1.29, 1.82) is 0 Å². The van der Waals surface area contributed by atoms with Gasteiger partial charge in [-0.05, 0) is 83.5 Å². The summed E-state index contributed by atoms with van der Waals surface area (Å²) in [6, 6.07) is 0. The highest BCUT2D eigenvalue weighted by Gasteiger charge is 2.19. The van der Waals surface area contributed by atoms with Gasteiger partial charge in [-0.3, -0.25) is 14.4 Å². The van der Waals surface area contributed by atoms with Crippen LogP contribution in [0.3, 0.4) is 0 Å². The van der Waals surface area contributed by atoms with Gasteiger partial charge in [-0.1, -0.05) is 204 Å². The van der Waals surface area contributed by atoms with E-state index in [1.165, 1.54) is 0 Å². The molecule has 6 heteroatoms. The number of allylic oxidation sites excluding steroid dienone is 28. The number of esters is 3. The predicted octanol–water partition coefficient (Wildman–Crippen LogP) is 14.9. The van der Waals surface area contributed by atoms with Crippen LogP contribution >= 0.6 is 0 Å². The van der Waals surface area contributed by atoms with E-state index < -0.39 is 6.10 Å². The fraction of sp³-hybridized carbons (Fsp3) is 0.436. The third-order valence-corrected chi connectivity index (χ3v) is 8.52. The zero-order valence-electron chi connectivity index (χ0n) is 37.8. The Labute approximate surface area is 371 Å². The van der Waals surface area contributed by atoms with Crippen LogP contribution < -0.4 is 0 Å². The van der Waals surface area contributed by atoms with E-state index in [-0.39, 0.29) is 50.4 Å². The summed E-state index contributed by atoms with van der Waals surface area (Å²) >= 11 is 0. The molecule has 0 fully saturated rings. The normalized spacial score (nSPS) is 13.7. The molecule has 0 saturated heterocycles. The Kier molecular flexibility index (Phi) is 43.4. The quantitative estimate of drug-likeness (QED) is 0.0204. The first-order valence-corrected chi connectivity index (χ1v) is 22.8. The van der Waals surface area contributed by atoms with Gasteiger partial charge < -0.3 is 14.2 Å². The first-order valence-electron chi connectivity index (χ1n) is 22.8. The van der Waals surface area contributed by atoms with Crippen molar-refractivity contribution in [2.24, 2.45) is 0 Å². The summed E-state index contributed by atoms with van der Waals surface area (Å²) in [5.41, 5.74) is 0. The van der Waals surface area contributed by atoms with Gasteiger partial charge in [0.25, 0.3) is 0 Å². The van der Waals surface area contributed by atoms with E-state index in [0.29, 0.717) is 19.3 Å². The second-order valence-electron chi connectivity index (χ2n) is 14.1. The molecule has 0 spiro atoms. The second kappa shape index (κ2) is 47.4. The molecule has 0 aliphatic heterocycles. The fourth-order valence-corrected chi connectivity index (χ4v) is 5.19. The van der Waals surface area contributed by atoms with Gasteiger partial charge in [0.2, 0.25) is 0 Å². The highest BCUT2D eigenvalue weighted by Crippen LogP contribution is 2.10. The van der Waals surface area contributed by atoms with Crippen LogP contribution in [0.1, 0.15) is 136 Å². The maximum absolute atomic E-state index is 12.7. The third-order valence-electron chi connectivity index (χ3n) is 8.52. The molecule has 0 aromatic carbocycles. The van der Waals surface area contributed by atoms with Crippen LogP contribution in [-0.4, -0.2) is 37.2 Å². The topological polar surface area (TPSA) is 78.9 Å². The standard InChI is InChI=1S/C55H78O6/c1-4-7-10-13-16-19-21-23-25-27-29-31-33-36-39-42-45-48-54(57)60-51-52(50-59-53(56)47-44-41-38-35-18-15-12-9-6-3)61-55(58)49-46-43-40-37-34-32-30-28-26-24-22-20-17-14-11-8-5-2/h7-14,16-35,52H,4-6,15,36-51H2,1-3H3/b10-7-,11-8-,12-9-,16-13-,17-14-,21-19-,22-20-,25-23-,26-24-,29-27+,30-28+,33-31-,34-32-,35-18-. The maximum atomic E-state index is 12.7. The van der Waals surface area contributed by atoms with E-state index >= 15 is 0 Å². The summed E-state index contributed by atoms with van der Waals surface area (Å²) in [4.78, 5) is 37.7. The molecule has 0 aliphatic rings. The molecular weight excluding hydrogens is 757 g/mol. The lowest BCUT2D eigenvalue weighted by molar-refractivity contribution is -0.167. The monoisotopic (exact) mass is 835 g/mol. The Morgan fingerprint density at radius 1 is 0.344 bits per heavy atom. The fourth-order valence-electron chi connectivity index (χ4n) is 5.19. The van der Waals surface area contributed by atoms with Crippen LogP contribution in [0.5, 0.6) is 0 Å². The van der Waals surface area contributed by atoms with Gasteiger partial charge in [-0.2, -0.15) is 0 Å². The summed E-state index contributed by atoms with van der Waals surface area (Å²) in [6.45, 7) is 6.06. The Morgan fingerprint density at radius 2 is 0.672 bits per heavy atom. The van der Waals surface area contributed by atoms with Crippen LogP contribution in [0.4, 0.5) is 0 Å². The van der Waals surface area contributed by atoms with Crippen molar-refractivity contribution >= 4 is 17.9 Å². The number of ether oxygens (including phenoxy) is 3. The van der Waals surface area contributed by atoms with Crippen molar-refractivity contribution in [3.05, 3.63) is 170 Å². The molecule has 0 bridgehead atoms. The van der Waals surface area contributed by atoms with Crippen LogP contribution in [0.25, 0.3) is 0 Å². The number of carbonyl (C=O) groups excluding carboxylic acids is 3. The minimum atomic E-state index is -0.841. The van der Waals surface area contributed by atoms with Crippen molar-refractivity contribution in [2.75, 3.05) is 13.2 Å². The van der Waals surface area contributed by atoms with Crippen LogP contribution in [0.15, 0.2) is 170 Å². The zero-order chi connectivity index (χ0) is 44.4. The molecule has 0 amide bonds.